The number of rotatable bonds is 5. The van der Waals surface area contributed by atoms with E-state index in [2.05, 4.69) is 0 Å². The van der Waals surface area contributed by atoms with Crippen molar-refractivity contribution in [2.75, 3.05) is 13.1 Å². The molecule has 3 aromatic rings. The molecule has 0 spiro atoms. The molecule has 0 bridgehead atoms. The first-order valence-corrected chi connectivity index (χ1v) is 11.2. The van der Waals surface area contributed by atoms with Crippen molar-refractivity contribution in [2.24, 2.45) is 0 Å². The maximum absolute atomic E-state index is 13.2. The summed E-state index contributed by atoms with van der Waals surface area (Å²) in [6, 6.07) is 14.9. The number of carbonyl (C=O) groups is 1. The van der Waals surface area contributed by atoms with Gasteiger partial charge in [-0.15, -0.1) is 0 Å². The second kappa shape index (κ2) is 7.43. The summed E-state index contributed by atoms with van der Waals surface area (Å²) in [7, 11) is -3.54. The van der Waals surface area contributed by atoms with Crippen LogP contribution in [0.4, 0.5) is 0 Å². The fourth-order valence-corrected chi connectivity index (χ4v) is 5.47. The van der Waals surface area contributed by atoms with Gasteiger partial charge < -0.3 is 9.47 Å². The zero-order chi connectivity index (χ0) is 19.7. The minimum absolute atomic E-state index is 0.0425. The third-order valence-electron chi connectivity index (χ3n) is 5.29. The van der Waals surface area contributed by atoms with Crippen molar-refractivity contribution in [3.8, 4) is 0 Å². The van der Waals surface area contributed by atoms with E-state index >= 15 is 0 Å². The molecule has 4 rings (SSSR count). The van der Waals surface area contributed by atoms with Gasteiger partial charge in [-0.25, -0.2) is 8.42 Å². The number of aryl methyl sites for hydroxylation is 1. The van der Waals surface area contributed by atoms with Crippen LogP contribution in [0.1, 0.15) is 24.0 Å². The SMILES string of the molecule is Cc1cccc(CS(=O)(=O)c2cn(CC(=O)N3CCCC3)c3ccccc23)c1. The molecule has 0 unspecified atom stereocenters. The van der Waals surface area contributed by atoms with Gasteiger partial charge in [-0.05, 0) is 31.4 Å². The van der Waals surface area contributed by atoms with E-state index in [1.807, 2.05) is 60.4 Å². The molecule has 0 saturated carbocycles. The number of para-hydroxylation sites is 1. The zero-order valence-corrected chi connectivity index (χ0v) is 16.8. The number of benzene rings is 2. The second-order valence-corrected chi connectivity index (χ2v) is 9.43. The topological polar surface area (TPSA) is 59.4 Å². The normalized spacial score (nSPS) is 14.7. The van der Waals surface area contributed by atoms with Crippen LogP contribution in [0.5, 0.6) is 0 Å². The molecular weight excluding hydrogens is 372 g/mol. The van der Waals surface area contributed by atoms with Crippen molar-refractivity contribution in [1.82, 2.24) is 9.47 Å². The van der Waals surface area contributed by atoms with Crippen LogP contribution in [0, 0.1) is 6.92 Å². The predicted octanol–water partition coefficient (Wildman–Crippen LogP) is 3.55. The van der Waals surface area contributed by atoms with Gasteiger partial charge in [0.05, 0.1) is 10.6 Å². The number of carbonyl (C=O) groups excluding carboxylic acids is 1. The number of likely N-dealkylation sites (tertiary alicyclic amines) is 1. The first kappa shape index (κ1) is 18.7. The summed E-state index contributed by atoms with van der Waals surface area (Å²) in [4.78, 5) is 14.7. The highest BCUT2D eigenvalue weighted by atomic mass is 32.2. The van der Waals surface area contributed by atoms with E-state index in [4.69, 9.17) is 0 Å². The smallest absolute Gasteiger partial charge is 0.242 e. The molecule has 0 radical (unpaired) electrons. The van der Waals surface area contributed by atoms with Crippen molar-refractivity contribution >= 4 is 26.6 Å². The molecule has 1 aromatic heterocycles. The summed E-state index contributed by atoms with van der Waals surface area (Å²) in [5.74, 6) is -0.0103. The van der Waals surface area contributed by atoms with Gasteiger partial charge in [0, 0.05) is 30.2 Å². The van der Waals surface area contributed by atoms with Gasteiger partial charge in [-0.3, -0.25) is 4.79 Å². The first-order valence-electron chi connectivity index (χ1n) is 9.58. The van der Waals surface area contributed by atoms with Crippen molar-refractivity contribution in [3.05, 3.63) is 65.9 Å². The molecule has 5 nitrogen and oxygen atoms in total. The highest BCUT2D eigenvalue weighted by molar-refractivity contribution is 7.90. The average molecular weight is 397 g/mol. The van der Waals surface area contributed by atoms with Crippen LogP contribution < -0.4 is 0 Å². The van der Waals surface area contributed by atoms with E-state index in [9.17, 15) is 13.2 Å². The van der Waals surface area contributed by atoms with Crippen molar-refractivity contribution in [2.45, 2.75) is 37.0 Å². The monoisotopic (exact) mass is 396 g/mol. The standard InChI is InChI=1S/C22H24N2O3S/c1-17-7-6-8-18(13-17)16-28(26,27)21-14-24(20-10-3-2-9-19(20)21)15-22(25)23-11-4-5-12-23/h2-3,6-10,13-14H,4-5,11-12,15-16H2,1H3. The quantitative estimate of drug-likeness (QED) is 0.663. The van der Waals surface area contributed by atoms with E-state index in [-0.39, 0.29) is 18.2 Å². The molecule has 1 aliphatic heterocycles. The fourth-order valence-electron chi connectivity index (χ4n) is 3.90. The van der Waals surface area contributed by atoms with E-state index < -0.39 is 9.84 Å². The van der Waals surface area contributed by atoms with E-state index in [1.54, 1.807) is 10.8 Å². The molecule has 2 aromatic carbocycles. The van der Waals surface area contributed by atoms with Gasteiger partial charge in [-0.2, -0.15) is 0 Å². The molecule has 6 heteroatoms. The van der Waals surface area contributed by atoms with E-state index in [0.29, 0.717) is 10.3 Å². The van der Waals surface area contributed by atoms with Crippen LogP contribution in [0.15, 0.2) is 59.6 Å². The average Bonchev–Trinajstić information content (AvgIpc) is 3.30. The van der Waals surface area contributed by atoms with Gasteiger partial charge in [0.2, 0.25) is 5.91 Å². The molecule has 1 amide bonds. The molecule has 0 aliphatic carbocycles. The van der Waals surface area contributed by atoms with Crippen LogP contribution in [0.25, 0.3) is 10.9 Å². The van der Waals surface area contributed by atoms with Crippen molar-refractivity contribution < 1.29 is 13.2 Å². The molecule has 0 N–H and O–H groups in total. The lowest BCUT2D eigenvalue weighted by molar-refractivity contribution is -0.130. The Balaban J connectivity index is 1.70. The Labute approximate surface area is 165 Å². The number of amides is 1. The first-order chi connectivity index (χ1) is 13.4. The number of hydrogen-bond donors (Lipinski definition) is 0. The maximum atomic E-state index is 13.2. The molecule has 0 atom stereocenters. The zero-order valence-electron chi connectivity index (χ0n) is 16.0. The van der Waals surface area contributed by atoms with Gasteiger partial charge in [0.25, 0.3) is 0 Å². The third kappa shape index (κ3) is 3.69. The number of nitrogens with zero attached hydrogens (tertiary/aromatic N) is 2. The molecule has 146 valence electrons. The van der Waals surface area contributed by atoms with Gasteiger partial charge in [0.1, 0.15) is 6.54 Å². The van der Waals surface area contributed by atoms with Crippen LogP contribution in [-0.4, -0.2) is 36.9 Å². The Bertz CT molecular complexity index is 1130. The maximum Gasteiger partial charge on any atom is 0.242 e. The van der Waals surface area contributed by atoms with E-state index in [0.717, 1.165) is 42.6 Å². The summed E-state index contributed by atoms with van der Waals surface area (Å²) in [5, 5.41) is 0.671. The minimum atomic E-state index is -3.54. The lowest BCUT2D eigenvalue weighted by Gasteiger charge is -2.15. The Kier molecular flexibility index (Phi) is 4.98. The fraction of sp³-hybridized carbons (Fsp3) is 0.318. The van der Waals surface area contributed by atoms with Gasteiger partial charge >= 0.3 is 0 Å². The van der Waals surface area contributed by atoms with Crippen molar-refractivity contribution in [1.29, 1.82) is 0 Å². The molecule has 28 heavy (non-hydrogen) atoms. The lowest BCUT2D eigenvalue weighted by atomic mass is 10.2. The third-order valence-corrected chi connectivity index (χ3v) is 7.00. The summed E-state index contributed by atoms with van der Waals surface area (Å²) in [6.07, 6.45) is 3.70. The van der Waals surface area contributed by atoms with Gasteiger partial charge in [-0.1, -0.05) is 48.0 Å². The highest BCUT2D eigenvalue weighted by Crippen LogP contribution is 2.28. The van der Waals surface area contributed by atoms with Crippen LogP contribution in [-0.2, 0) is 26.9 Å². The Morgan fingerprint density at radius 3 is 2.54 bits per heavy atom. The Hall–Kier alpha value is -2.60. The van der Waals surface area contributed by atoms with E-state index in [1.165, 1.54) is 0 Å². The molecule has 1 aliphatic rings. The Morgan fingerprint density at radius 1 is 1.04 bits per heavy atom. The number of hydrogen-bond acceptors (Lipinski definition) is 3. The highest BCUT2D eigenvalue weighted by Gasteiger charge is 2.24. The lowest BCUT2D eigenvalue weighted by Crippen LogP contribution is -2.30. The largest absolute Gasteiger partial charge is 0.341 e. The molecular formula is C22H24N2O3S. The van der Waals surface area contributed by atoms with Crippen molar-refractivity contribution in [3.63, 3.8) is 0 Å². The molecule has 1 fully saturated rings. The van der Waals surface area contributed by atoms with Crippen LogP contribution in [0.2, 0.25) is 0 Å². The van der Waals surface area contributed by atoms with Crippen LogP contribution >= 0.6 is 0 Å². The number of sulfone groups is 1. The summed E-state index contributed by atoms with van der Waals surface area (Å²) in [5.41, 5.74) is 2.58. The molecule has 1 saturated heterocycles. The van der Waals surface area contributed by atoms with Crippen LogP contribution in [0.3, 0.4) is 0 Å². The number of aromatic nitrogens is 1. The molecule has 2 heterocycles. The summed E-state index contributed by atoms with van der Waals surface area (Å²) in [6.45, 7) is 3.69. The minimum Gasteiger partial charge on any atom is -0.341 e. The second-order valence-electron chi connectivity index (χ2n) is 7.47. The summed E-state index contributed by atoms with van der Waals surface area (Å²) >= 11 is 0. The summed E-state index contributed by atoms with van der Waals surface area (Å²) < 4.78 is 28.1. The number of fused-ring (bicyclic) bond motifs is 1. The Morgan fingerprint density at radius 2 is 1.79 bits per heavy atom. The predicted molar refractivity (Wildman–Crippen MR) is 110 cm³/mol. The van der Waals surface area contributed by atoms with Gasteiger partial charge in [0.15, 0.2) is 9.84 Å².